The predicted octanol–water partition coefficient (Wildman–Crippen LogP) is -2.89. The summed E-state index contributed by atoms with van der Waals surface area (Å²) in [6.45, 7) is 7.19. The van der Waals surface area contributed by atoms with E-state index in [2.05, 4.69) is 56.0 Å². The summed E-state index contributed by atoms with van der Waals surface area (Å²) in [5.74, 6) is 0. The molecule has 0 unspecified atom stereocenters. The molecular formula is C12H15Cl2SiZr. The van der Waals surface area contributed by atoms with Gasteiger partial charge in [-0.15, -0.1) is 29.7 Å². The van der Waals surface area contributed by atoms with Crippen LogP contribution in [0.25, 0.3) is 10.8 Å². The Morgan fingerprint density at radius 2 is 1.56 bits per heavy atom. The maximum absolute atomic E-state index is 2.40. The SMILES string of the molecule is C[Si](C)(C)c1c[cH-]c2ccccc12.[Cl-].[Cl-].[Zr+3]. The first kappa shape index (κ1) is 18.9. The molecule has 1 radical (unpaired) electrons. The van der Waals surface area contributed by atoms with Gasteiger partial charge in [0.05, 0.1) is 0 Å². The fourth-order valence-corrected chi connectivity index (χ4v) is 3.42. The van der Waals surface area contributed by atoms with Gasteiger partial charge in [0.25, 0.3) is 0 Å². The normalized spacial score (nSPS) is 9.94. The molecule has 2 aromatic carbocycles. The van der Waals surface area contributed by atoms with Gasteiger partial charge in [-0.05, 0) is 0 Å². The van der Waals surface area contributed by atoms with Crippen molar-refractivity contribution in [3.05, 3.63) is 36.4 Å². The van der Waals surface area contributed by atoms with E-state index in [0.717, 1.165) is 0 Å². The van der Waals surface area contributed by atoms with Crippen molar-refractivity contribution in [3.8, 4) is 0 Å². The molecule has 0 spiro atoms. The van der Waals surface area contributed by atoms with E-state index in [1.807, 2.05) is 0 Å². The van der Waals surface area contributed by atoms with Crippen LogP contribution in [0, 0.1) is 0 Å². The van der Waals surface area contributed by atoms with Crippen molar-refractivity contribution < 1.29 is 51.0 Å². The topological polar surface area (TPSA) is 0 Å². The maximum Gasteiger partial charge on any atom is 3.00 e. The molecule has 0 heterocycles. The van der Waals surface area contributed by atoms with Crippen LogP contribution < -0.4 is 30.0 Å². The first-order valence-corrected chi connectivity index (χ1v) is 8.24. The van der Waals surface area contributed by atoms with Gasteiger partial charge in [0.15, 0.2) is 0 Å². The van der Waals surface area contributed by atoms with Crippen LogP contribution in [0.4, 0.5) is 0 Å². The van der Waals surface area contributed by atoms with Gasteiger partial charge in [-0.2, -0.15) is 16.6 Å². The van der Waals surface area contributed by atoms with Crippen LogP contribution >= 0.6 is 0 Å². The third kappa shape index (κ3) is 3.77. The summed E-state index contributed by atoms with van der Waals surface area (Å²) in [6, 6.07) is 13.2. The molecule has 0 aliphatic rings. The Bertz CT molecular complexity index is 432. The molecule has 0 amide bonds. The molecule has 85 valence electrons. The standard InChI is InChI=1S/C12H15Si.2ClH.Zr/c1-13(2,3)12-9-8-10-6-4-5-7-11(10)12;;;/h4-9H,1-3H3;2*1H;/q-1;;;+3/p-2. The average Bonchev–Trinajstić information content (AvgIpc) is 2.45. The number of hydrogen-bond donors (Lipinski definition) is 0. The van der Waals surface area contributed by atoms with Crippen LogP contribution in [-0.2, 0) is 26.2 Å². The number of hydrogen-bond acceptors (Lipinski definition) is 0. The minimum Gasteiger partial charge on any atom is -1.00 e. The second kappa shape index (κ2) is 7.06. The van der Waals surface area contributed by atoms with Crippen molar-refractivity contribution in [2.24, 2.45) is 0 Å². The third-order valence-corrected chi connectivity index (χ3v) is 4.54. The largest absolute Gasteiger partial charge is 3.00 e. The van der Waals surface area contributed by atoms with Crippen molar-refractivity contribution >= 4 is 24.0 Å². The fourth-order valence-electron chi connectivity index (χ4n) is 1.80. The molecular weight excluding hydrogens is 334 g/mol. The summed E-state index contributed by atoms with van der Waals surface area (Å²) in [7, 11) is -1.15. The zero-order valence-electron chi connectivity index (χ0n) is 9.72. The Labute approximate surface area is 130 Å². The number of halogens is 2. The van der Waals surface area contributed by atoms with Crippen LogP contribution in [0.5, 0.6) is 0 Å². The monoisotopic (exact) mass is 347 g/mol. The van der Waals surface area contributed by atoms with Gasteiger partial charge in [0, 0.05) is 8.07 Å². The van der Waals surface area contributed by atoms with Crippen LogP contribution in [0.15, 0.2) is 36.4 Å². The van der Waals surface area contributed by atoms with Crippen LogP contribution in [0.1, 0.15) is 0 Å². The van der Waals surface area contributed by atoms with Crippen molar-refractivity contribution in [1.29, 1.82) is 0 Å². The molecule has 0 N–H and O–H groups in total. The Kier molecular flexibility index (Phi) is 8.32. The van der Waals surface area contributed by atoms with E-state index in [1.165, 1.54) is 10.8 Å². The quantitative estimate of drug-likeness (QED) is 0.383. The van der Waals surface area contributed by atoms with Gasteiger partial charge < -0.3 is 24.8 Å². The summed E-state index contributed by atoms with van der Waals surface area (Å²) < 4.78 is 0. The van der Waals surface area contributed by atoms with Gasteiger partial charge in [0.2, 0.25) is 0 Å². The molecule has 2 aromatic rings. The summed E-state index contributed by atoms with van der Waals surface area (Å²) in [5.41, 5.74) is 0. The zero-order chi connectivity index (χ0) is 9.47. The number of fused-ring (bicyclic) bond motifs is 1. The van der Waals surface area contributed by atoms with Crippen molar-refractivity contribution in [1.82, 2.24) is 0 Å². The minimum atomic E-state index is -1.15. The third-order valence-electron chi connectivity index (χ3n) is 2.49. The Morgan fingerprint density at radius 3 is 2.12 bits per heavy atom. The van der Waals surface area contributed by atoms with Gasteiger partial charge >= 0.3 is 26.2 Å². The molecule has 0 nitrogen and oxygen atoms in total. The van der Waals surface area contributed by atoms with Crippen molar-refractivity contribution in [3.63, 3.8) is 0 Å². The van der Waals surface area contributed by atoms with E-state index in [0.29, 0.717) is 0 Å². The smallest absolute Gasteiger partial charge is 1.00 e. The molecule has 16 heavy (non-hydrogen) atoms. The molecule has 0 atom stereocenters. The summed E-state index contributed by atoms with van der Waals surface area (Å²) >= 11 is 0. The summed E-state index contributed by atoms with van der Waals surface area (Å²) in [5, 5.41) is 4.43. The van der Waals surface area contributed by atoms with Crippen molar-refractivity contribution in [2.45, 2.75) is 19.6 Å². The maximum atomic E-state index is 2.40. The summed E-state index contributed by atoms with van der Waals surface area (Å²) in [6.07, 6.45) is 0. The molecule has 0 aliphatic heterocycles. The van der Waals surface area contributed by atoms with E-state index >= 15 is 0 Å². The fraction of sp³-hybridized carbons (Fsp3) is 0.250. The van der Waals surface area contributed by atoms with E-state index in [9.17, 15) is 0 Å². The average molecular weight is 349 g/mol. The first-order chi connectivity index (χ1) is 6.09. The molecule has 2 rings (SSSR count). The predicted molar refractivity (Wildman–Crippen MR) is 62.5 cm³/mol. The van der Waals surface area contributed by atoms with E-state index in [-0.39, 0.29) is 51.0 Å². The van der Waals surface area contributed by atoms with Gasteiger partial charge in [-0.25, -0.2) is 0 Å². The van der Waals surface area contributed by atoms with Gasteiger partial charge in [-0.3, -0.25) is 0 Å². The zero-order valence-corrected chi connectivity index (χ0v) is 14.7. The Balaban J connectivity index is 0. The van der Waals surface area contributed by atoms with Crippen LogP contribution in [0.3, 0.4) is 0 Å². The van der Waals surface area contributed by atoms with E-state index < -0.39 is 8.07 Å². The van der Waals surface area contributed by atoms with E-state index in [1.54, 1.807) is 5.19 Å². The Morgan fingerprint density at radius 1 is 1.00 bits per heavy atom. The molecule has 0 aromatic heterocycles. The number of benzene rings is 1. The number of rotatable bonds is 1. The van der Waals surface area contributed by atoms with Gasteiger partial charge in [-0.1, -0.05) is 25.7 Å². The first-order valence-electron chi connectivity index (χ1n) is 4.74. The molecule has 0 bridgehead atoms. The van der Waals surface area contributed by atoms with Crippen LogP contribution in [0.2, 0.25) is 19.6 Å². The van der Waals surface area contributed by atoms with Gasteiger partial charge in [0.1, 0.15) is 0 Å². The molecule has 0 fully saturated rings. The van der Waals surface area contributed by atoms with E-state index in [4.69, 9.17) is 0 Å². The Hall–Kier alpha value is 0.510. The summed E-state index contributed by atoms with van der Waals surface area (Å²) in [4.78, 5) is 0. The minimum absolute atomic E-state index is 0. The molecule has 0 saturated carbocycles. The molecule has 0 saturated heterocycles. The van der Waals surface area contributed by atoms with Crippen molar-refractivity contribution in [2.75, 3.05) is 0 Å². The second-order valence-electron chi connectivity index (χ2n) is 4.58. The van der Waals surface area contributed by atoms with Crippen LogP contribution in [-0.4, -0.2) is 8.07 Å². The second-order valence-corrected chi connectivity index (χ2v) is 9.62. The molecule has 0 aliphatic carbocycles. The molecule has 4 heteroatoms.